The van der Waals surface area contributed by atoms with Crippen LogP contribution in [0.25, 0.3) is 0 Å². The van der Waals surface area contributed by atoms with Crippen molar-refractivity contribution in [3.63, 3.8) is 0 Å². The predicted octanol–water partition coefficient (Wildman–Crippen LogP) is 1.10. The number of nitrogens with zero attached hydrogens (tertiary/aromatic N) is 1. The summed E-state index contributed by atoms with van der Waals surface area (Å²) in [4.78, 5) is 24.2. The Hall–Kier alpha value is -1.30. The van der Waals surface area contributed by atoms with Gasteiger partial charge in [-0.25, -0.2) is 9.59 Å². The van der Waals surface area contributed by atoms with Crippen LogP contribution in [-0.2, 0) is 14.3 Å². The zero-order valence-electron chi connectivity index (χ0n) is 10.6. The summed E-state index contributed by atoms with van der Waals surface area (Å²) in [6.45, 7) is 7.29. The van der Waals surface area contributed by atoms with Gasteiger partial charge in [-0.2, -0.15) is 0 Å². The Morgan fingerprint density at radius 3 is 2.47 bits per heavy atom. The maximum Gasteiger partial charge on any atom is 0.410 e. The molecule has 1 atom stereocenters. The quantitative estimate of drug-likeness (QED) is 0.748. The van der Waals surface area contributed by atoms with Gasteiger partial charge >= 0.3 is 12.1 Å². The Morgan fingerprint density at radius 1 is 1.41 bits per heavy atom. The van der Waals surface area contributed by atoms with Crippen molar-refractivity contribution in [2.45, 2.75) is 38.9 Å². The van der Waals surface area contributed by atoms with E-state index in [-0.39, 0.29) is 13.2 Å². The monoisotopic (exact) mass is 245 g/mol. The fourth-order valence-corrected chi connectivity index (χ4v) is 1.48. The van der Waals surface area contributed by atoms with Crippen LogP contribution < -0.4 is 0 Å². The van der Waals surface area contributed by atoms with Crippen LogP contribution in [0.5, 0.6) is 0 Å². The molecule has 0 spiro atoms. The van der Waals surface area contributed by atoms with Crippen LogP contribution in [0.3, 0.4) is 0 Å². The van der Waals surface area contributed by atoms with Gasteiger partial charge in [0.1, 0.15) is 5.60 Å². The highest BCUT2D eigenvalue weighted by Gasteiger charge is 2.41. The number of amides is 1. The second kappa shape index (κ2) is 4.52. The van der Waals surface area contributed by atoms with Crippen molar-refractivity contribution < 1.29 is 24.2 Å². The maximum atomic E-state index is 11.8. The average molecular weight is 245 g/mol. The second-order valence-electron chi connectivity index (χ2n) is 5.29. The number of aliphatic carboxylic acids is 1. The summed E-state index contributed by atoms with van der Waals surface area (Å²) in [6, 6.07) is 0. The molecule has 0 aromatic rings. The number of morpholine rings is 1. The lowest BCUT2D eigenvalue weighted by atomic mass is 10.1. The van der Waals surface area contributed by atoms with E-state index in [2.05, 4.69) is 0 Å². The van der Waals surface area contributed by atoms with Crippen molar-refractivity contribution >= 4 is 12.1 Å². The van der Waals surface area contributed by atoms with Gasteiger partial charge in [-0.05, 0) is 27.7 Å². The molecule has 1 heterocycles. The van der Waals surface area contributed by atoms with Crippen LogP contribution in [0.2, 0.25) is 0 Å². The van der Waals surface area contributed by atoms with E-state index in [1.165, 1.54) is 11.8 Å². The van der Waals surface area contributed by atoms with Gasteiger partial charge in [-0.15, -0.1) is 0 Å². The summed E-state index contributed by atoms with van der Waals surface area (Å²) in [5.41, 5.74) is -1.94. The van der Waals surface area contributed by atoms with Crippen molar-refractivity contribution in [2.24, 2.45) is 0 Å². The lowest BCUT2D eigenvalue weighted by Crippen LogP contribution is -2.56. The van der Waals surface area contributed by atoms with Crippen LogP contribution in [0.4, 0.5) is 4.79 Å². The van der Waals surface area contributed by atoms with Crippen LogP contribution in [0.15, 0.2) is 0 Å². The van der Waals surface area contributed by atoms with E-state index in [1.54, 1.807) is 20.8 Å². The fourth-order valence-electron chi connectivity index (χ4n) is 1.48. The van der Waals surface area contributed by atoms with Gasteiger partial charge < -0.3 is 19.5 Å². The van der Waals surface area contributed by atoms with Crippen molar-refractivity contribution in [1.82, 2.24) is 4.90 Å². The molecule has 6 nitrogen and oxygen atoms in total. The highest BCUT2D eigenvalue weighted by atomic mass is 16.6. The molecule has 1 fully saturated rings. The Bertz CT molecular complexity index is 322. The highest BCUT2D eigenvalue weighted by Crippen LogP contribution is 2.20. The minimum Gasteiger partial charge on any atom is -0.479 e. The Morgan fingerprint density at radius 2 is 2.00 bits per heavy atom. The smallest absolute Gasteiger partial charge is 0.410 e. The molecule has 98 valence electrons. The minimum atomic E-state index is -1.35. The number of carboxylic acids is 1. The molecule has 1 rings (SSSR count). The molecule has 0 aromatic heterocycles. The molecule has 0 aromatic carbocycles. The lowest BCUT2D eigenvalue weighted by Gasteiger charge is -2.38. The van der Waals surface area contributed by atoms with Gasteiger partial charge in [0.05, 0.1) is 13.2 Å². The van der Waals surface area contributed by atoms with E-state index >= 15 is 0 Å². The molecule has 0 bridgehead atoms. The molecular formula is C11H19NO5. The fraction of sp³-hybridized carbons (Fsp3) is 0.818. The zero-order chi connectivity index (χ0) is 13.3. The summed E-state index contributed by atoms with van der Waals surface area (Å²) in [5, 5.41) is 9.03. The number of hydrogen-bond donors (Lipinski definition) is 1. The summed E-state index contributed by atoms with van der Waals surface area (Å²) in [7, 11) is 0. The van der Waals surface area contributed by atoms with E-state index in [1.807, 2.05) is 0 Å². The number of ether oxygens (including phenoxy) is 2. The molecule has 1 aliphatic heterocycles. The molecule has 0 radical (unpaired) electrons. The SMILES string of the molecule is CC(C)(C)OC(=O)N1CCO[C@@](C)(C(=O)O)C1. The first-order valence-electron chi connectivity index (χ1n) is 5.49. The van der Waals surface area contributed by atoms with Crippen LogP contribution in [0.1, 0.15) is 27.7 Å². The number of hydrogen-bond acceptors (Lipinski definition) is 4. The topological polar surface area (TPSA) is 76.1 Å². The van der Waals surface area contributed by atoms with Gasteiger partial charge in [-0.3, -0.25) is 0 Å². The Kier molecular flexibility index (Phi) is 3.66. The second-order valence-corrected chi connectivity index (χ2v) is 5.29. The van der Waals surface area contributed by atoms with E-state index in [0.717, 1.165) is 0 Å². The van der Waals surface area contributed by atoms with Crippen molar-refractivity contribution in [3.8, 4) is 0 Å². The first-order valence-corrected chi connectivity index (χ1v) is 5.49. The molecule has 1 aliphatic rings. The van der Waals surface area contributed by atoms with Gasteiger partial charge in [0.25, 0.3) is 0 Å². The van der Waals surface area contributed by atoms with Gasteiger partial charge in [-0.1, -0.05) is 0 Å². The van der Waals surface area contributed by atoms with Crippen LogP contribution in [-0.4, -0.2) is 53.0 Å². The van der Waals surface area contributed by atoms with Crippen LogP contribution in [0, 0.1) is 0 Å². The first-order chi connectivity index (χ1) is 7.64. The van der Waals surface area contributed by atoms with Gasteiger partial charge in [0.2, 0.25) is 0 Å². The molecule has 0 aliphatic carbocycles. The lowest BCUT2D eigenvalue weighted by molar-refractivity contribution is -0.173. The zero-order valence-corrected chi connectivity index (χ0v) is 10.6. The molecule has 0 unspecified atom stereocenters. The number of carboxylic acid groups (broad SMARTS) is 1. The standard InChI is InChI=1S/C11H19NO5/c1-10(2,3)17-9(15)12-5-6-16-11(4,7-12)8(13)14/h5-7H2,1-4H3,(H,13,14)/t11-/m1/s1. The summed E-state index contributed by atoms with van der Waals surface area (Å²) in [6.07, 6.45) is -0.506. The molecule has 17 heavy (non-hydrogen) atoms. The molecule has 1 amide bonds. The third kappa shape index (κ3) is 3.59. The molecule has 0 saturated carbocycles. The van der Waals surface area contributed by atoms with Gasteiger partial charge in [0, 0.05) is 6.54 Å². The van der Waals surface area contributed by atoms with Crippen molar-refractivity contribution in [1.29, 1.82) is 0 Å². The summed E-state index contributed by atoms with van der Waals surface area (Å²) >= 11 is 0. The average Bonchev–Trinajstić information content (AvgIpc) is 2.15. The summed E-state index contributed by atoms with van der Waals surface area (Å²) in [5.74, 6) is -1.08. The molecular weight excluding hydrogens is 226 g/mol. The highest BCUT2D eigenvalue weighted by molar-refractivity contribution is 5.79. The van der Waals surface area contributed by atoms with E-state index in [0.29, 0.717) is 6.54 Å². The van der Waals surface area contributed by atoms with Crippen molar-refractivity contribution in [2.75, 3.05) is 19.7 Å². The number of carbonyl (C=O) groups is 2. The van der Waals surface area contributed by atoms with Crippen molar-refractivity contribution in [3.05, 3.63) is 0 Å². The number of rotatable bonds is 1. The molecule has 6 heteroatoms. The maximum absolute atomic E-state index is 11.8. The summed E-state index contributed by atoms with van der Waals surface area (Å²) < 4.78 is 10.4. The van der Waals surface area contributed by atoms with Crippen LogP contribution >= 0.6 is 0 Å². The largest absolute Gasteiger partial charge is 0.479 e. The Balaban J connectivity index is 2.67. The van der Waals surface area contributed by atoms with E-state index in [4.69, 9.17) is 14.6 Å². The number of carbonyl (C=O) groups excluding carboxylic acids is 1. The van der Waals surface area contributed by atoms with E-state index < -0.39 is 23.3 Å². The first kappa shape index (κ1) is 13.8. The third-order valence-electron chi connectivity index (χ3n) is 2.38. The molecule has 1 saturated heterocycles. The minimum absolute atomic E-state index is 0.00273. The third-order valence-corrected chi connectivity index (χ3v) is 2.38. The normalized spacial score (nSPS) is 25.5. The predicted molar refractivity (Wildman–Crippen MR) is 59.8 cm³/mol. The Labute approximate surface area is 100 Å². The van der Waals surface area contributed by atoms with Gasteiger partial charge in [0.15, 0.2) is 5.60 Å². The molecule has 1 N–H and O–H groups in total. The van der Waals surface area contributed by atoms with E-state index in [9.17, 15) is 9.59 Å².